The Morgan fingerprint density at radius 2 is 2.18 bits per heavy atom. The first-order valence-electron chi connectivity index (χ1n) is 6.04. The van der Waals surface area contributed by atoms with Crippen LogP contribution >= 0.6 is 0 Å². The minimum Gasteiger partial charge on any atom is -0.508 e. The van der Waals surface area contributed by atoms with E-state index in [0.29, 0.717) is 5.56 Å². The number of aromatic hydroxyl groups is 1. The molecule has 0 spiro atoms. The molecule has 1 aromatic carbocycles. The van der Waals surface area contributed by atoms with Gasteiger partial charge in [-0.05, 0) is 43.0 Å². The molecule has 0 saturated carbocycles. The number of piperidine rings is 1. The Bertz CT molecular complexity index is 383. The summed E-state index contributed by atoms with van der Waals surface area (Å²) in [6, 6.07) is 3.53. The van der Waals surface area contributed by atoms with Crippen molar-refractivity contribution in [3.05, 3.63) is 28.8 Å². The van der Waals surface area contributed by atoms with Gasteiger partial charge < -0.3 is 20.6 Å². The van der Waals surface area contributed by atoms with Crippen LogP contribution in [0, 0.1) is 0 Å². The summed E-state index contributed by atoms with van der Waals surface area (Å²) >= 11 is 0. The molecule has 1 unspecified atom stereocenters. The smallest absolute Gasteiger partial charge is 0.121 e. The lowest BCUT2D eigenvalue weighted by molar-refractivity contribution is 0.142. The van der Waals surface area contributed by atoms with Crippen LogP contribution in [0.5, 0.6) is 5.75 Å². The molecule has 17 heavy (non-hydrogen) atoms. The van der Waals surface area contributed by atoms with Gasteiger partial charge in [-0.1, -0.05) is 6.07 Å². The number of rotatable bonds is 1. The fraction of sp³-hybridized carbons (Fsp3) is 0.538. The first-order chi connectivity index (χ1) is 8.22. The summed E-state index contributed by atoms with van der Waals surface area (Å²) < 4.78 is 0. The van der Waals surface area contributed by atoms with Crippen molar-refractivity contribution in [1.82, 2.24) is 5.32 Å². The molecule has 4 N–H and O–H groups in total. The van der Waals surface area contributed by atoms with Gasteiger partial charge in [0.25, 0.3) is 0 Å². The predicted octanol–water partition coefficient (Wildman–Crippen LogP) is 0.519. The molecule has 0 aromatic heterocycles. The second kappa shape index (κ2) is 5.49. The average Bonchev–Trinajstić information content (AvgIpc) is 3.10. The van der Waals surface area contributed by atoms with E-state index in [9.17, 15) is 0 Å². The van der Waals surface area contributed by atoms with E-state index in [0.717, 1.165) is 37.9 Å². The first kappa shape index (κ1) is 12.4. The molecule has 94 valence electrons. The lowest BCUT2D eigenvalue weighted by atomic mass is 10.1. The van der Waals surface area contributed by atoms with Crippen LogP contribution in [0.25, 0.3) is 0 Å². The molecule has 0 bridgehead atoms. The van der Waals surface area contributed by atoms with Crippen LogP contribution < -0.4 is 5.32 Å². The van der Waals surface area contributed by atoms with Gasteiger partial charge in [-0.3, -0.25) is 0 Å². The van der Waals surface area contributed by atoms with Crippen LogP contribution in [-0.2, 0) is 13.0 Å². The highest BCUT2D eigenvalue weighted by molar-refractivity contribution is 5.55. The molecule has 0 amide bonds. The highest BCUT2D eigenvalue weighted by Gasteiger charge is 2.22. The number of aliphatic hydroxyl groups excluding tert-OH is 2. The fourth-order valence-corrected chi connectivity index (χ4v) is 2.05. The molecule has 0 radical (unpaired) electrons. The van der Waals surface area contributed by atoms with Crippen LogP contribution in [0.1, 0.15) is 29.5 Å². The van der Waals surface area contributed by atoms with Gasteiger partial charge in [0, 0.05) is 12.1 Å². The fourth-order valence-electron chi connectivity index (χ4n) is 2.05. The van der Waals surface area contributed by atoms with Gasteiger partial charge in [0.1, 0.15) is 5.75 Å². The van der Waals surface area contributed by atoms with Crippen LogP contribution in [-0.4, -0.2) is 34.5 Å². The van der Waals surface area contributed by atoms with E-state index in [1.165, 1.54) is 5.56 Å². The zero-order chi connectivity index (χ0) is 12.3. The number of hydrogen-bond acceptors (Lipinski definition) is 4. The molecule has 1 aliphatic heterocycles. The van der Waals surface area contributed by atoms with Crippen LogP contribution in [0.15, 0.2) is 12.1 Å². The summed E-state index contributed by atoms with van der Waals surface area (Å²) in [7, 11) is 0. The minimum absolute atomic E-state index is 0.0466. The normalized spacial score (nSPS) is 21.2. The number of hydrogen-bond donors (Lipinski definition) is 4. The van der Waals surface area contributed by atoms with E-state index in [-0.39, 0.29) is 18.5 Å². The maximum absolute atomic E-state index is 9.16. The molecule has 4 heteroatoms. The van der Waals surface area contributed by atoms with Gasteiger partial charge in [-0.2, -0.15) is 0 Å². The van der Waals surface area contributed by atoms with Crippen molar-refractivity contribution in [2.75, 3.05) is 13.1 Å². The van der Waals surface area contributed by atoms with E-state index in [1.807, 2.05) is 6.07 Å². The second-order valence-electron chi connectivity index (χ2n) is 4.54. The summed E-state index contributed by atoms with van der Waals surface area (Å²) in [5.41, 5.74) is 3.09. The van der Waals surface area contributed by atoms with E-state index >= 15 is 0 Å². The van der Waals surface area contributed by atoms with Crippen molar-refractivity contribution >= 4 is 0 Å². The summed E-state index contributed by atoms with van der Waals surface area (Å²) in [6.45, 7) is 1.83. The lowest BCUT2D eigenvalue weighted by Crippen LogP contribution is -2.33. The lowest BCUT2D eigenvalue weighted by Gasteiger charge is -2.16. The Morgan fingerprint density at radius 1 is 1.35 bits per heavy atom. The van der Waals surface area contributed by atoms with Crippen molar-refractivity contribution in [2.45, 2.75) is 32.0 Å². The Kier molecular flexibility index (Phi) is 3.99. The van der Waals surface area contributed by atoms with Gasteiger partial charge in [0.2, 0.25) is 0 Å². The Balaban J connectivity index is 0.000000136. The van der Waals surface area contributed by atoms with Gasteiger partial charge in [-0.25, -0.2) is 0 Å². The first-order valence-corrected chi connectivity index (χ1v) is 6.04. The van der Waals surface area contributed by atoms with E-state index in [1.54, 1.807) is 6.07 Å². The Labute approximate surface area is 101 Å². The number of β-amino-alcohol motifs (C(OH)–C–C–N with tert-alkyl or cyclic N) is 1. The molecule has 2 aliphatic rings. The number of fused-ring (bicyclic) bond motifs is 1. The largest absolute Gasteiger partial charge is 0.508 e. The Morgan fingerprint density at radius 3 is 2.65 bits per heavy atom. The third-order valence-corrected chi connectivity index (χ3v) is 3.17. The summed E-state index contributed by atoms with van der Waals surface area (Å²) in [4.78, 5) is 0. The third-order valence-electron chi connectivity index (χ3n) is 3.17. The molecule has 1 heterocycles. The van der Waals surface area contributed by atoms with Crippen molar-refractivity contribution in [3.8, 4) is 5.75 Å². The van der Waals surface area contributed by atoms with Crippen LogP contribution in [0.2, 0.25) is 0 Å². The van der Waals surface area contributed by atoms with Gasteiger partial charge >= 0.3 is 0 Å². The summed E-state index contributed by atoms with van der Waals surface area (Å²) in [6.07, 6.45) is 2.97. The number of benzene rings is 1. The number of nitrogens with one attached hydrogen (secondary N) is 1. The number of aliphatic hydroxyl groups is 2. The topological polar surface area (TPSA) is 72.7 Å². The van der Waals surface area contributed by atoms with Crippen LogP contribution in [0.3, 0.4) is 0 Å². The maximum atomic E-state index is 9.16. The minimum atomic E-state index is -0.0752. The SMILES string of the molecule is OC1CCCNC1.OCc1c(O)ccc2c1C2. The standard InChI is InChI=1S/C8H8O2.C5H11NO/c9-4-7-6-3-5(6)1-2-8(7)10;7-5-2-1-3-6-4-5/h1-2,9-10H,3-4H2;5-7H,1-4H2. The molecule has 1 aromatic rings. The van der Waals surface area contributed by atoms with Gasteiger partial charge in [0.05, 0.1) is 12.7 Å². The van der Waals surface area contributed by atoms with E-state index < -0.39 is 0 Å². The van der Waals surface area contributed by atoms with Gasteiger partial charge in [-0.15, -0.1) is 0 Å². The Hall–Kier alpha value is -1.10. The molecule has 1 saturated heterocycles. The predicted molar refractivity (Wildman–Crippen MR) is 64.9 cm³/mol. The maximum Gasteiger partial charge on any atom is 0.121 e. The van der Waals surface area contributed by atoms with Crippen LogP contribution in [0.4, 0.5) is 0 Å². The van der Waals surface area contributed by atoms with Crippen molar-refractivity contribution in [1.29, 1.82) is 0 Å². The molecule has 1 atom stereocenters. The molecule has 1 fully saturated rings. The molecule has 3 rings (SSSR count). The van der Waals surface area contributed by atoms with E-state index in [4.69, 9.17) is 15.3 Å². The highest BCUT2D eigenvalue weighted by atomic mass is 16.3. The monoisotopic (exact) mass is 237 g/mol. The average molecular weight is 237 g/mol. The molecular formula is C13H19NO3. The van der Waals surface area contributed by atoms with E-state index in [2.05, 4.69) is 5.32 Å². The second-order valence-corrected chi connectivity index (χ2v) is 4.54. The summed E-state index contributed by atoms with van der Waals surface area (Å²) in [5, 5.41) is 29.9. The summed E-state index contributed by atoms with van der Waals surface area (Å²) in [5.74, 6) is 0.221. The molecular weight excluding hydrogens is 218 g/mol. The molecule has 1 aliphatic carbocycles. The zero-order valence-corrected chi connectivity index (χ0v) is 9.82. The van der Waals surface area contributed by atoms with Crippen molar-refractivity contribution in [3.63, 3.8) is 0 Å². The third kappa shape index (κ3) is 3.19. The number of phenols is 1. The highest BCUT2D eigenvalue weighted by Crippen LogP contribution is 2.36. The van der Waals surface area contributed by atoms with Gasteiger partial charge in [0.15, 0.2) is 0 Å². The zero-order valence-electron chi connectivity index (χ0n) is 9.82. The molecule has 4 nitrogen and oxygen atoms in total. The van der Waals surface area contributed by atoms with Crippen molar-refractivity contribution in [2.24, 2.45) is 0 Å². The quantitative estimate of drug-likeness (QED) is 0.583. The van der Waals surface area contributed by atoms with Crippen molar-refractivity contribution < 1.29 is 15.3 Å².